The number of nitrogens with one attached hydrogen (secondary N) is 1. The SMILES string of the molecule is Cc1cc2c(o1)CC(C)(C)CC2NCc1ccn(C)c1. The zero-order valence-electron chi connectivity index (χ0n) is 12.9. The summed E-state index contributed by atoms with van der Waals surface area (Å²) < 4.78 is 7.98. The Kier molecular flexibility index (Phi) is 3.25. The third kappa shape index (κ3) is 2.68. The van der Waals surface area contributed by atoms with E-state index in [1.54, 1.807) is 0 Å². The van der Waals surface area contributed by atoms with Gasteiger partial charge in [0.05, 0.1) is 0 Å². The van der Waals surface area contributed by atoms with Crippen LogP contribution in [-0.2, 0) is 20.0 Å². The molecule has 3 nitrogen and oxygen atoms in total. The number of rotatable bonds is 3. The third-order valence-corrected chi connectivity index (χ3v) is 4.18. The highest BCUT2D eigenvalue weighted by atomic mass is 16.3. The van der Waals surface area contributed by atoms with E-state index in [1.807, 2.05) is 6.92 Å². The van der Waals surface area contributed by atoms with Gasteiger partial charge in [0.25, 0.3) is 0 Å². The lowest BCUT2D eigenvalue weighted by Crippen LogP contribution is -2.32. The molecule has 0 aromatic carbocycles. The van der Waals surface area contributed by atoms with Gasteiger partial charge in [-0.3, -0.25) is 0 Å². The Morgan fingerprint density at radius 2 is 2.25 bits per heavy atom. The summed E-state index contributed by atoms with van der Waals surface area (Å²) in [5, 5.41) is 3.70. The number of hydrogen-bond acceptors (Lipinski definition) is 2. The molecular formula is C17H24N2O. The molecule has 1 atom stereocenters. The molecule has 0 saturated carbocycles. The molecule has 1 aliphatic carbocycles. The Hall–Kier alpha value is -1.48. The van der Waals surface area contributed by atoms with Crippen LogP contribution >= 0.6 is 0 Å². The minimum atomic E-state index is 0.297. The van der Waals surface area contributed by atoms with E-state index < -0.39 is 0 Å². The molecule has 1 aliphatic rings. The first-order valence-electron chi connectivity index (χ1n) is 7.36. The number of fused-ring (bicyclic) bond motifs is 1. The summed E-state index contributed by atoms with van der Waals surface area (Å²) in [5.41, 5.74) is 2.99. The predicted octanol–water partition coefficient (Wildman–Crippen LogP) is 3.73. The zero-order chi connectivity index (χ0) is 14.3. The van der Waals surface area contributed by atoms with E-state index in [0.29, 0.717) is 11.5 Å². The molecule has 2 heterocycles. The lowest BCUT2D eigenvalue weighted by atomic mass is 9.74. The van der Waals surface area contributed by atoms with Crippen molar-refractivity contribution >= 4 is 0 Å². The first kappa shape index (κ1) is 13.5. The first-order chi connectivity index (χ1) is 9.43. The summed E-state index contributed by atoms with van der Waals surface area (Å²) in [6, 6.07) is 4.77. The summed E-state index contributed by atoms with van der Waals surface area (Å²) in [6.07, 6.45) is 6.46. The normalized spacial score (nSPS) is 20.9. The van der Waals surface area contributed by atoms with E-state index in [2.05, 4.69) is 55.3 Å². The fraction of sp³-hybridized carbons (Fsp3) is 0.529. The molecule has 1 N–H and O–H groups in total. The van der Waals surface area contributed by atoms with Gasteiger partial charge in [0.1, 0.15) is 11.5 Å². The number of aryl methyl sites for hydroxylation is 2. The average Bonchev–Trinajstić information content (AvgIpc) is 2.90. The first-order valence-corrected chi connectivity index (χ1v) is 7.36. The van der Waals surface area contributed by atoms with Gasteiger partial charge < -0.3 is 14.3 Å². The second kappa shape index (κ2) is 4.81. The summed E-state index contributed by atoms with van der Waals surface area (Å²) in [7, 11) is 2.06. The molecule has 20 heavy (non-hydrogen) atoms. The molecule has 3 heteroatoms. The van der Waals surface area contributed by atoms with Gasteiger partial charge in [-0.15, -0.1) is 0 Å². The fourth-order valence-electron chi connectivity index (χ4n) is 3.27. The Morgan fingerprint density at radius 1 is 1.45 bits per heavy atom. The highest BCUT2D eigenvalue weighted by molar-refractivity contribution is 5.29. The van der Waals surface area contributed by atoms with Gasteiger partial charge in [0.15, 0.2) is 0 Å². The van der Waals surface area contributed by atoms with Gasteiger partial charge in [0.2, 0.25) is 0 Å². The maximum absolute atomic E-state index is 5.88. The summed E-state index contributed by atoms with van der Waals surface area (Å²) in [6.45, 7) is 7.60. The maximum atomic E-state index is 5.88. The minimum absolute atomic E-state index is 0.297. The Balaban J connectivity index is 1.78. The minimum Gasteiger partial charge on any atom is -0.466 e. The van der Waals surface area contributed by atoms with Crippen LogP contribution in [-0.4, -0.2) is 4.57 Å². The third-order valence-electron chi connectivity index (χ3n) is 4.18. The van der Waals surface area contributed by atoms with Crippen LogP contribution in [0.5, 0.6) is 0 Å². The topological polar surface area (TPSA) is 30.1 Å². The molecule has 0 fully saturated rings. The van der Waals surface area contributed by atoms with Gasteiger partial charge in [-0.1, -0.05) is 13.8 Å². The van der Waals surface area contributed by atoms with Gasteiger partial charge in [-0.2, -0.15) is 0 Å². The highest BCUT2D eigenvalue weighted by Gasteiger charge is 2.34. The van der Waals surface area contributed by atoms with Crippen molar-refractivity contribution in [1.82, 2.24) is 9.88 Å². The average molecular weight is 272 g/mol. The standard InChI is InChI=1S/C17H24N2O/c1-12-7-14-15(8-17(2,3)9-16(14)20-12)18-10-13-5-6-19(4)11-13/h5-7,11,15,18H,8-10H2,1-4H3. The van der Waals surface area contributed by atoms with Crippen molar-refractivity contribution in [2.45, 2.75) is 46.2 Å². The Morgan fingerprint density at radius 3 is 2.95 bits per heavy atom. The van der Waals surface area contributed by atoms with Crippen molar-refractivity contribution in [3.8, 4) is 0 Å². The van der Waals surface area contributed by atoms with Crippen molar-refractivity contribution < 1.29 is 4.42 Å². The molecule has 2 aromatic rings. The molecule has 0 amide bonds. The lowest BCUT2D eigenvalue weighted by molar-refractivity contribution is 0.233. The summed E-state index contributed by atoms with van der Waals surface area (Å²) in [5.74, 6) is 2.20. The largest absolute Gasteiger partial charge is 0.466 e. The molecule has 108 valence electrons. The molecular weight excluding hydrogens is 248 g/mol. The van der Waals surface area contributed by atoms with Gasteiger partial charge in [0, 0.05) is 44.0 Å². The van der Waals surface area contributed by atoms with Gasteiger partial charge in [-0.25, -0.2) is 0 Å². The number of aromatic nitrogens is 1. The number of nitrogens with zero attached hydrogens (tertiary/aromatic N) is 1. The Labute approximate surface area is 121 Å². The van der Waals surface area contributed by atoms with Gasteiger partial charge in [-0.05, 0) is 36.5 Å². The molecule has 1 unspecified atom stereocenters. The van der Waals surface area contributed by atoms with Crippen molar-refractivity contribution in [2.24, 2.45) is 12.5 Å². The lowest BCUT2D eigenvalue weighted by Gasteiger charge is -2.34. The predicted molar refractivity (Wildman–Crippen MR) is 80.5 cm³/mol. The van der Waals surface area contributed by atoms with Crippen LogP contribution in [0.1, 0.15) is 49.0 Å². The van der Waals surface area contributed by atoms with Crippen molar-refractivity contribution in [3.63, 3.8) is 0 Å². The molecule has 0 spiro atoms. The summed E-state index contributed by atoms with van der Waals surface area (Å²) in [4.78, 5) is 0. The van der Waals surface area contributed by atoms with Crippen LogP contribution in [0.4, 0.5) is 0 Å². The van der Waals surface area contributed by atoms with E-state index in [1.165, 1.54) is 16.9 Å². The van der Waals surface area contributed by atoms with Crippen LogP contribution < -0.4 is 5.32 Å². The number of hydrogen-bond donors (Lipinski definition) is 1. The van der Waals surface area contributed by atoms with Crippen LogP contribution in [0, 0.1) is 12.3 Å². The monoisotopic (exact) mass is 272 g/mol. The second-order valence-corrected chi connectivity index (χ2v) is 6.90. The van der Waals surface area contributed by atoms with E-state index in [9.17, 15) is 0 Å². The van der Waals surface area contributed by atoms with Crippen LogP contribution in [0.25, 0.3) is 0 Å². The Bertz CT molecular complexity index is 606. The zero-order valence-corrected chi connectivity index (χ0v) is 12.9. The van der Waals surface area contributed by atoms with E-state index in [4.69, 9.17) is 4.42 Å². The fourth-order valence-corrected chi connectivity index (χ4v) is 3.27. The van der Waals surface area contributed by atoms with Crippen molar-refractivity contribution in [1.29, 1.82) is 0 Å². The van der Waals surface area contributed by atoms with Crippen LogP contribution in [0.2, 0.25) is 0 Å². The molecule has 0 radical (unpaired) electrons. The number of furan rings is 1. The quantitative estimate of drug-likeness (QED) is 0.922. The molecule has 0 saturated heterocycles. The van der Waals surface area contributed by atoms with Crippen LogP contribution in [0.3, 0.4) is 0 Å². The van der Waals surface area contributed by atoms with Crippen LogP contribution in [0.15, 0.2) is 28.9 Å². The highest BCUT2D eigenvalue weighted by Crippen LogP contribution is 2.42. The molecule has 2 aromatic heterocycles. The van der Waals surface area contributed by atoms with Crippen molar-refractivity contribution in [3.05, 3.63) is 47.2 Å². The van der Waals surface area contributed by atoms with E-state index in [-0.39, 0.29) is 0 Å². The molecule has 3 rings (SSSR count). The maximum Gasteiger partial charge on any atom is 0.109 e. The molecule has 0 bridgehead atoms. The van der Waals surface area contributed by atoms with E-state index >= 15 is 0 Å². The van der Waals surface area contributed by atoms with E-state index in [0.717, 1.165) is 25.1 Å². The second-order valence-electron chi connectivity index (χ2n) is 6.90. The molecule has 0 aliphatic heterocycles. The smallest absolute Gasteiger partial charge is 0.109 e. The van der Waals surface area contributed by atoms with Gasteiger partial charge >= 0.3 is 0 Å². The van der Waals surface area contributed by atoms with Crippen molar-refractivity contribution in [2.75, 3.05) is 0 Å². The summed E-state index contributed by atoms with van der Waals surface area (Å²) >= 11 is 0.